The average molecular weight is 524 g/mol. The zero-order valence-electron chi connectivity index (χ0n) is 22.9. The number of rotatable bonds is 10. The lowest BCUT2D eigenvalue weighted by Gasteiger charge is -2.43. The highest BCUT2D eigenvalue weighted by Gasteiger charge is 2.41. The van der Waals surface area contributed by atoms with Gasteiger partial charge in [0.15, 0.2) is 0 Å². The molecule has 202 valence electrons. The highest BCUT2D eigenvalue weighted by molar-refractivity contribution is 7.98. The molecule has 2 N–H and O–H groups in total. The van der Waals surface area contributed by atoms with Gasteiger partial charge in [0.1, 0.15) is 24.2 Å². The molecule has 0 heterocycles. The molecule has 1 rings (SSSR count). The van der Waals surface area contributed by atoms with E-state index in [1.165, 1.54) is 23.8 Å². The fraction of sp³-hybridized carbons (Fsp3) is 0.615. The number of hydrogen-bond acceptors (Lipinski definition) is 7. The molecule has 10 heteroatoms. The fourth-order valence-corrected chi connectivity index (χ4v) is 3.92. The molecule has 0 aliphatic carbocycles. The topological polar surface area (TPSA) is 114 Å². The van der Waals surface area contributed by atoms with E-state index in [9.17, 15) is 19.2 Å². The van der Waals surface area contributed by atoms with Crippen molar-refractivity contribution in [2.24, 2.45) is 0 Å². The molecule has 36 heavy (non-hydrogen) atoms. The lowest BCUT2D eigenvalue weighted by molar-refractivity contribution is -0.149. The number of amides is 3. The molecular weight excluding hydrogens is 482 g/mol. The molecule has 0 radical (unpaired) electrons. The van der Waals surface area contributed by atoms with Crippen molar-refractivity contribution >= 4 is 35.6 Å². The fourth-order valence-electron chi connectivity index (χ4n) is 3.45. The summed E-state index contributed by atoms with van der Waals surface area (Å²) in [6.45, 7) is 12.3. The van der Waals surface area contributed by atoms with E-state index >= 15 is 0 Å². The normalized spacial score (nSPS) is 13.2. The number of methoxy groups -OCH3 is 1. The average Bonchev–Trinajstić information content (AvgIpc) is 2.76. The minimum absolute atomic E-state index is 0.337. The SMILES string of the molecule is COC(=O)CNC(=O)C(c1ccc(C)cc1)N(C(=O)C(CCSC)NC(=O)OC(C)(C)C)C(C)(C)C. The number of aryl methyl sites for hydroxylation is 1. The van der Waals surface area contributed by atoms with Crippen molar-refractivity contribution in [1.29, 1.82) is 0 Å². The number of esters is 1. The van der Waals surface area contributed by atoms with Crippen molar-refractivity contribution in [3.8, 4) is 0 Å². The smallest absolute Gasteiger partial charge is 0.408 e. The first-order valence-electron chi connectivity index (χ1n) is 11.8. The summed E-state index contributed by atoms with van der Waals surface area (Å²) in [4.78, 5) is 53.3. The number of carbonyl (C=O) groups excluding carboxylic acids is 4. The summed E-state index contributed by atoms with van der Waals surface area (Å²) in [5.74, 6) is -0.966. The summed E-state index contributed by atoms with van der Waals surface area (Å²) in [7, 11) is 1.23. The van der Waals surface area contributed by atoms with Crippen LogP contribution >= 0.6 is 11.8 Å². The van der Waals surface area contributed by atoms with Crippen LogP contribution in [0.15, 0.2) is 24.3 Å². The Labute approximate surface area is 219 Å². The Morgan fingerprint density at radius 3 is 2.08 bits per heavy atom. The molecule has 0 aliphatic rings. The van der Waals surface area contributed by atoms with Crippen LogP contribution in [0.4, 0.5) is 4.79 Å². The third-order valence-corrected chi connectivity index (χ3v) is 5.74. The van der Waals surface area contributed by atoms with Crippen LogP contribution in [-0.4, -0.2) is 71.6 Å². The molecule has 0 fully saturated rings. The summed E-state index contributed by atoms with van der Waals surface area (Å²) in [5, 5.41) is 5.29. The largest absolute Gasteiger partial charge is 0.468 e. The van der Waals surface area contributed by atoms with Gasteiger partial charge in [0.25, 0.3) is 0 Å². The number of nitrogens with zero attached hydrogens (tertiary/aromatic N) is 1. The van der Waals surface area contributed by atoms with Gasteiger partial charge < -0.3 is 25.0 Å². The predicted molar refractivity (Wildman–Crippen MR) is 142 cm³/mol. The molecule has 1 aromatic rings. The number of nitrogens with one attached hydrogen (secondary N) is 2. The molecule has 9 nitrogen and oxygen atoms in total. The third-order valence-electron chi connectivity index (χ3n) is 5.09. The van der Waals surface area contributed by atoms with Crippen molar-refractivity contribution in [3.63, 3.8) is 0 Å². The van der Waals surface area contributed by atoms with E-state index in [1.54, 1.807) is 32.9 Å². The van der Waals surface area contributed by atoms with E-state index in [-0.39, 0.29) is 6.54 Å². The van der Waals surface area contributed by atoms with Crippen LogP contribution in [0.5, 0.6) is 0 Å². The maximum atomic E-state index is 14.1. The highest BCUT2D eigenvalue weighted by atomic mass is 32.2. The van der Waals surface area contributed by atoms with Gasteiger partial charge in [-0.15, -0.1) is 0 Å². The lowest BCUT2D eigenvalue weighted by Crippen LogP contribution is -2.59. The van der Waals surface area contributed by atoms with Crippen LogP contribution in [-0.2, 0) is 23.9 Å². The van der Waals surface area contributed by atoms with Crippen LogP contribution in [0, 0.1) is 6.92 Å². The molecule has 2 unspecified atom stereocenters. The van der Waals surface area contributed by atoms with E-state index in [0.717, 1.165) is 5.56 Å². The molecular formula is C26H41N3O6S. The molecule has 0 aliphatic heterocycles. The number of hydrogen-bond donors (Lipinski definition) is 2. The van der Waals surface area contributed by atoms with Gasteiger partial charge in [-0.2, -0.15) is 11.8 Å². The molecule has 1 aromatic carbocycles. The lowest BCUT2D eigenvalue weighted by atomic mass is 9.94. The van der Waals surface area contributed by atoms with Gasteiger partial charge in [0.05, 0.1) is 7.11 Å². The molecule has 0 bridgehead atoms. The van der Waals surface area contributed by atoms with E-state index in [1.807, 2.05) is 46.1 Å². The number of alkyl carbamates (subject to hydrolysis) is 1. The predicted octanol–water partition coefficient (Wildman–Crippen LogP) is 3.60. The highest BCUT2D eigenvalue weighted by Crippen LogP contribution is 2.30. The molecule has 0 spiro atoms. The number of thioether (sulfide) groups is 1. The van der Waals surface area contributed by atoms with Crippen LogP contribution in [0.3, 0.4) is 0 Å². The Morgan fingerprint density at radius 1 is 1.03 bits per heavy atom. The molecule has 0 saturated heterocycles. The van der Waals surface area contributed by atoms with Crippen molar-refractivity contribution in [2.75, 3.05) is 25.7 Å². The zero-order valence-corrected chi connectivity index (χ0v) is 23.7. The van der Waals surface area contributed by atoms with Crippen molar-refractivity contribution in [1.82, 2.24) is 15.5 Å². The minimum atomic E-state index is -1.06. The van der Waals surface area contributed by atoms with Gasteiger partial charge in [0.2, 0.25) is 11.8 Å². The maximum Gasteiger partial charge on any atom is 0.408 e. The maximum absolute atomic E-state index is 14.1. The van der Waals surface area contributed by atoms with Crippen LogP contribution in [0.2, 0.25) is 0 Å². The molecule has 0 saturated carbocycles. The number of ether oxygens (including phenoxy) is 2. The number of benzene rings is 1. The van der Waals surface area contributed by atoms with Gasteiger partial charge in [-0.05, 0) is 72.5 Å². The number of carbonyl (C=O) groups is 4. The quantitative estimate of drug-likeness (QED) is 0.451. The van der Waals surface area contributed by atoms with Crippen molar-refractivity contribution in [2.45, 2.75) is 78.1 Å². The van der Waals surface area contributed by atoms with Gasteiger partial charge in [-0.1, -0.05) is 29.8 Å². The Morgan fingerprint density at radius 2 is 1.61 bits per heavy atom. The monoisotopic (exact) mass is 523 g/mol. The van der Waals surface area contributed by atoms with Gasteiger partial charge in [-0.25, -0.2) is 4.79 Å². The summed E-state index contributed by atoms with van der Waals surface area (Å²) < 4.78 is 10.0. The van der Waals surface area contributed by atoms with E-state index in [0.29, 0.717) is 17.7 Å². The van der Waals surface area contributed by atoms with Crippen molar-refractivity contribution < 1.29 is 28.7 Å². The first kappa shape index (κ1) is 31.3. The van der Waals surface area contributed by atoms with Gasteiger partial charge >= 0.3 is 12.1 Å². The Hall–Kier alpha value is -2.75. The Bertz CT molecular complexity index is 906. The van der Waals surface area contributed by atoms with Gasteiger partial charge in [-0.3, -0.25) is 14.4 Å². The second kappa shape index (κ2) is 13.5. The first-order chi connectivity index (χ1) is 16.6. The summed E-state index contributed by atoms with van der Waals surface area (Å²) in [5.41, 5.74) is 0.0133. The second-order valence-electron chi connectivity index (χ2n) is 10.5. The van der Waals surface area contributed by atoms with Crippen LogP contribution in [0.25, 0.3) is 0 Å². The third kappa shape index (κ3) is 10.1. The standard InChI is InChI=1S/C26H41N3O6S/c1-17-10-12-18(13-11-17)21(22(31)27-16-20(30)34-8)29(25(2,3)4)23(32)19(14-15-36-9)28-24(33)35-26(5,6)7/h10-13,19,21H,14-16H2,1-9H3,(H,27,31)(H,28,33). The molecule has 2 atom stereocenters. The van der Waals surface area contributed by atoms with E-state index < -0.39 is 47.1 Å². The molecule has 3 amide bonds. The molecule has 0 aromatic heterocycles. The zero-order chi connectivity index (χ0) is 27.7. The summed E-state index contributed by atoms with van der Waals surface area (Å²) in [6.07, 6.45) is 1.54. The van der Waals surface area contributed by atoms with E-state index in [2.05, 4.69) is 15.4 Å². The Kier molecular flexibility index (Phi) is 11.8. The van der Waals surface area contributed by atoms with Crippen LogP contribution < -0.4 is 10.6 Å². The second-order valence-corrected chi connectivity index (χ2v) is 11.5. The van der Waals surface area contributed by atoms with E-state index in [4.69, 9.17) is 4.74 Å². The summed E-state index contributed by atoms with van der Waals surface area (Å²) >= 11 is 1.54. The van der Waals surface area contributed by atoms with Crippen molar-refractivity contribution in [3.05, 3.63) is 35.4 Å². The summed E-state index contributed by atoms with van der Waals surface area (Å²) in [6, 6.07) is 5.29. The first-order valence-corrected chi connectivity index (χ1v) is 13.2. The van der Waals surface area contributed by atoms with Gasteiger partial charge in [0, 0.05) is 5.54 Å². The minimum Gasteiger partial charge on any atom is -0.468 e. The van der Waals surface area contributed by atoms with Crippen LogP contribution in [0.1, 0.15) is 65.1 Å². The Balaban J connectivity index is 3.50.